The Labute approximate surface area is 198 Å². The van der Waals surface area contributed by atoms with Crippen LogP contribution < -0.4 is 10.2 Å². The van der Waals surface area contributed by atoms with Crippen LogP contribution in [0.2, 0.25) is 5.02 Å². The van der Waals surface area contributed by atoms with Gasteiger partial charge in [-0.05, 0) is 68.9 Å². The lowest BCUT2D eigenvalue weighted by Crippen LogP contribution is -2.31. The lowest BCUT2D eigenvalue weighted by atomic mass is 9.95. The first kappa shape index (κ1) is 22.0. The molecule has 1 saturated carbocycles. The Kier molecular flexibility index (Phi) is 5.67. The number of anilines is 1. The van der Waals surface area contributed by atoms with Crippen molar-refractivity contribution in [1.82, 2.24) is 10.2 Å². The van der Waals surface area contributed by atoms with Gasteiger partial charge in [0.05, 0.1) is 0 Å². The van der Waals surface area contributed by atoms with Crippen LogP contribution in [0.4, 0.5) is 5.69 Å². The van der Waals surface area contributed by atoms with Crippen molar-refractivity contribution < 1.29 is 14.0 Å². The number of halogens is 1. The van der Waals surface area contributed by atoms with Crippen molar-refractivity contribution in [3.05, 3.63) is 64.9 Å². The SMILES string of the molecule is CN(C)CC1(c2ccc(N3CC(CNC(=O)c4cc5cc(Cl)ccc5o4)CC3=O)cc2)CC1. The zero-order valence-electron chi connectivity index (χ0n) is 18.9. The van der Waals surface area contributed by atoms with E-state index in [0.717, 1.165) is 17.6 Å². The number of fused-ring (bicyclic) bond motifs is 1. The Hall–Kier alpha value is -2.83. The van der Waals surface area contributed by atoms with E-state index in [4.69, 9.17) is 16.0 Å². The molecular weight excluding hydrogens is 438 g/mol. The first-order valence-corrected chi connectivity index (χ1v) is 11.7. The molecule has 0 spiro atoms. The summed E-state index contributed by atoms with van der Waals surface area (Å²) in [6, 6.07) is 15.4. The zero-order valence-corrected chi connectivity index (χ0v) is 19.7. The third kappa shape index (κ3) is 4.50. The van der Waals surface area contributed by atoms with Crippen LogP contribution in [0, 0.1) is 5.92 Å². The molecule has 2 amide bonds. The van der Waals surface area contributed by atoms with Gasteiger partial charge in [0.15, 0.2) is 5.76 Å². The Morgan fingerprint density at radius 2 is 1.94 bits per heavy atom. The van der Waals surface area contributed by atoms with Crippen LogP contribution in [0.25, 0.3) is 11.0 Å². The molecule has 1 atom stereocenters. The molecule has 3 aromatic rings. The van der Waals surface area contributed by atoms with Crippen LogP contribution in [-0.4, -0.2) is 50.4 Å². The molecule has 1 N–H and O–H groups in total. The van der Waals surface area contributed by atoms with Gasteiger partial charge in [0.2, 0.25) is 5.91 Å². The second-order valence-electron chi connectivity index (χ2n) is 9.64. The van der Waals surface area contributed by atoms with Crippen molar-refractivity contribution in [2.75, 3.05) is 38.6 Å². The molecule has 1 aliphatic heterocycles. The molecule has 1 aromatic heterocycles. The van der Waals surface area contributed by atoms with Crippen LogP contribution in [0.1, 0.15) is 35.4 Å². The minimum absolute atomic E-state index is 0.0588. The van der Waals surface area contributed by atoms with Gasteiger partial charge in [-0.3, -0.25) is 9.59 Å². The van der Waals surface area contributed by atoms with Crippen molar-refractivity contribution >= 4 is 40.1 Å². The van der Waals surface area contributed by atoms with E-state index in [0.29, 0.717) is 30.1 Å². The average Bonchev–Trinajstić information content (AvgIpc) is 3.27. The minimum Gasteiger partial charge on any atom is -0.451 e. The minimum atomic E-state index is -0.284. The van der Waals surface area contributed by atoms with Gasteiger partial charge in [-0.25, -0.2) is 0 Å². The third-order valence-electron chi connectivity index (χ3n) is 6.72. The summed E-state index contributed by atoms with van der Waals surface area (Å²) < 4.78 is 5.63. The number of furan rings is 1. The summed E-state index contributed by atoms with van der Waals surface area (Å²) in [4.78, 5) is 29.3. The van der Waals surface area contributed by atoms with Gasteiger partial charge in [-0.1, -0.05) is 23.7 Å². The van der Waals surface area contributed by atoms with Crippen molar-refractivity contribution in [2.24, 2.45) is 5.92 Å². The third-order valence-corrected chi connectivity index (χ3v) is 6.96. The number of rotatable bonds is 7. The molecule has 2 fully saturated rings. The van der Waals surface area contributed by atoms with E-state index in [1.54, 1.807) is 24.3 Å². The van der Waals surface area contributed by atoms with Crippen LogP contribution in [-0.2, 0) is 10.2 Å². The predicted molar refractivity (Wildman–Crippen MR) is 130 cm³/mol. The predicted octanol–water partition coefficient (Wildman–Crippen LogP) is 4.46. The molecule has 0 bridgehead atoms. The first-order valence-electron chi connectivity index (χ1n) is 11.4. The maximum atomic E-state index is 12.7. The second-order valence-corrected chi connectivity index (χ2v) is 10.1. The average molecular weight is 466 g/mol. The number of nitrogens with one attached hydrogen (secondary N) is 1. The van der Waals surface area contributed by atoms with Gasteiger partial charge in [0.25, 0.3) is 5.91 Å². The van der Waals surface area contributed by atoms with E-state index >= 15 is 0 Å². The molecule has 5 rings (SSSR count). The maximum Gasteiger partial charge on any atom is 0.287 e. The number of carbonyl (C=O) groups excluding carboxylic acids is 2. The summed E-state index contributed by atoms with van der Waals surface area (Å²) >= 11 is 6.01. The summed E-state index contributed by atoms with van der Waals surface area (Å²) in [6.07, 6.45) is 2.85. The normalized spacial score (nSPS) is 19.5. The number of hydrogen-bond acceptors (Lipinski definition) is 4. The summed E-state index contributed by atoms with van der Waals surface area (Å²) in [5, 5.41) is 4.30. The summed E-state index contributed by atoms with van der Waals surface area (Å²) in [6.45, 7) is 2.06. The molecule has 2 aromatic carbocycles. The van der Waals surface area contributed by atoms with Gasteiger partial charge in [-0.2, -0.15) is 0 Å². The van der Waals surface area contributed by atoms with E-state index in [1.165, 1.54) is 18.4 Å². The largest absolute Gasteiger partial charge is 0.451 e. The number of hydrogen-bond donors (Lipinski definition) is 1. The maximum absolute atomic E-state index is 12.7. The summed E-state index contributed by atoms with van der Waals surface area (Å²) in [5.41, 5.74) is 3.16. The Morgan fingerprint density at radius 3 is 2.64 bits per heavy atom. The van der Waals surface area contributed by atoms with E-state index < -0.39 is 0 Å². The molecular formula is C26H28ClN3O3. The van der Waals surface area contributed by atoms with Gasteiger partial charge in [0, 0.05) is 53.5 Å². The lowest BCUT2D eigenvalue weighted by Gasteiger charge is -2.22. The van der Waals surface area contributed by atoms with Crippen molar-refractivity contribution in [2.45, 2.75) is 24.7 Å². The van der Waals surface area contributed by atoms with Crippen LogP contribution in [0.3, 0.4) is 0 Å². The molecule has 7 heteroatoms. The van der Waals surface area contributed by atoms with Gasteiger partial charge < -0.3 is 19.5 Å². The highest BCUT2D eigenvalue weighted by Gasteiger charge is 2.44. The highest BCUT2D eigenvalue weighted by atomic mass is 35.5. The Bertz CT molecular complexity index is 1200. The summed E-state index contributed by atoms with van der Waals surface area (Å²) in [5.74, 6) is 0.113. The number of benzene rings is 2. The highest BCUT2D eigenvalue weighted by Crippen LogP contribution is 2.48. The van der Waals surface area contributed by atoms with Crippen LogP contribution in [0.5, 0.6) is 0 Å². The smallest absolute Gasteiger partial charge is 0.287 e. The van der Waals surface area contributed by atoms with Gasteiger partial charge >= 0.3 is 0 Å². The van der Waals surface area contributed by atoms with E-state index in [2.05, 4.69) is 48.6 Å². The van der Waals surface area contributed by atoms with Gasteiger partial charge in [0.1, 0.15) is 5.58 Å². The monoisotopic (exact) mass is 465 g/mol. The Balaban J connectivity index is 1.19. The fourth-order valence-electron chi connectivity index (χ4n) is 4.91. The number of nitrogens with zero attached hydrogens (tertiary/aromatic N) is 2. The van der Waals surface area contributed by atoms with E-state index in [1.807, 2.05) is 4.90 Å². The Morgan fingerprint density at radius 1 is 1.18 bits per heavy atom. The molecule has 6 nitrogen and oxygen atoms in total. The molecule has 172 valence electrons. The first-order chi connectivity index (χ1) is 15.8. The number of likely N-dealkylation sites (N-methyl/N-ethyl adjacent to an activating group) is 1. The molecule has 2 heterocycles. The molecule has 33 heavy (non-hydrogen) atoms. The quantitative estimate of drug-likeness (QED) is 0.559. The lowest BCUT2D eigenvalue weighted by molar-refractivity contribution is -0.117. The molecule has 0 radical (unpaired) electrons. The highest BCUT2D eigenvalue weighted by molar-refractivity contribution is 6.31. The topological polar surface area (TPSA) is 65.8 Å². The number of amides is 2. The number of carbonyl (C=O) groups is 2. The van der Waals surface area contributed by atoms with E-state index in [9.17, 15) is 9.59 Å². The standard InChI is InChI=1S/C26H28ClN3O3/c1-29(2)16-26(9-10-26)19-3-6-21(7-4-19)30-15-17(11-24(30)31)14-28-25(32)23-13-18-12-20(27)5-8-22(18)33-23/h3-8,12-13,17H,9-11,14-16H2,1-2H3,(H,28,32). The fraction of sp³-hybridized carbons (Fsp3) is 0.385. The van der Waals surface area contributed by atoms with Crippen LogP contribution >= 0.6 is 11.6 Å². The molecule has 1 unspecified atom stereocenters. The molecule has 1 saturated heterocycles. The second kappa shape index (κ2) is 8.50. The van der Waals surface area contributed by atoms with Crippen molar-refractivity contribution in [3.8, 4) is 0 Å². The zero-order chi connectivity index (χ0) is 23.2. The summed E-state index contributed by atoms with van der Waals surface area (Å²) in [7, 11) is 4.22. The van der Waals surface area contributed by atoms with E-state index in [-0.39, 0.29) is 28.9 Å². The molecule has 2 aliphatic rings. The van der Waals surface area contributed by atoms with Crippen molar-refractivity contribution in [1.29, 1.82) is 0 Å². The van der Waals surface area contributed by atoms with Gasteiger partial charge in [-0.15, -0.1) is 0 Å². The van der Waals surface area contributed by atoms with Crippen molar-refractivity contribution in [3.63, 3.8) is 0 Å². The van der Waals surface area contributed by atoms with Crippen LogP contribution in [0.15, 0.2) is 52.9 Å². The fourth-order valence-corrected chi connectivity index (χ4v) is 5.09. The molecule has 1 aliphatic carbocycles.